The zero-order chi connectivity index (χ0) is 13.1. The second kappa shape index (κ2) is 5.31. The Morgan fingerprint density at radius 3 is 2.67 bits per heavy atom. The first kappa shape index (κ1) is 12.8. The second-order valence-corrected chi connectivity index (χ2v) is 4.42. The topological polar surface area (TPSA) is 37.8 Å². The lowest BCUT2D eigenvalue weighted by Crippen LogP contribution is -2.11. The van der Waals surface area contributed by atoms with Gasteiger partial charge in [-0.15, -0.1) is 0 Å². The molecule has 94 valence electrons. The van der Waals surface area contributed by atoms with Crippen LogP contribution in [0.15, 0.2) is 30.6 Å². The van der Waals surface area contributed by atoms with E-state index in [9.17, 15) is 4.39 Å². The molecule has 0 saturated heterocycles. The second-order valence-electron chi connectivity index (χ2n) is 4.02. The molecule has 1 heterocycles. The molecule has 2 aromatic rings. The molecule has 1 unspecified atom stereocenters. The summed E-state index contributed by atoms with van der Waals surface area (Å²) in [5.41, 5.74) is 2.38. The Bertz CT molecular complexity index is 560. The van der Waals surface area contributed by atoms with Gasteiger partial charge in [0.05, 0.1) is 28.1 Å². The maximum atomic E-state index is 12.9. The highest BCUT2D eigenvalue weighted by molar-refractivity contribution is 6.33. The molecule has 0 bridgehead atoms. The lowest BCUT2D eigenvalue weighted by molar-refractivity contribution is 0.628. The van der Waals surface area contributed by atoms with Crippen LogP contribution in [0.4, 0.5) is 10.1 Å². The van der Waals surface area contributed by atoms with Crippen molar-refractivity contribution in [2.45, 2.75) is 19.9 Å². The molecule has 3 nitrogen and oxygen atoms in total. The van der Waals surface area contributed by atoms with Crippen molar-refractivity contribution in [2.75, 3.05) is 5.32 Å². The van der Waals surface area contributed by atoms with Crippen LogP contribution in [0.2, 0.25) is 5.02 Å². The lowest BCUT2D eigenvalue weighted by atomic mass is 10.1. The van der Waals surface area contributed by atoms with Crippen molar-refractivity contribution in [1.82, 2.24) is 9.97 Å². The molecule has 0 spiro atoms. The van der Waals surface area contributed by atoms with E-state index in [1.807, 2.05) is 13.8 Å². The third-order valence-electron chi connectivity index (χ3n) is 2.63. The van der Waals surface area contributed by atoms with Gasteiger partial charge in [0.1, 0.15) is 5.82 Å². The molecule has 0 fully saturated rings. The monoisotopic (exact) mass is 265 g/mol. The van der Waals surface area contributed by atoms with Gasteiger partial charge in [0.2, 0.25) is 0 Å². The summed E-state index contributed by atoms with van der Waals surface area (Å²) in [7, 11) is 0. The van der Waals surface area contributed by atoms with E-state index in [0.29, 0.717) is 10.7 Å². The minimum Gasteiger partial charge on any atom is -0.376 e. The highest BCUT2D eigenvalue weighted by Crippen LogP contribution is 2.26. The van der Waals surface area contributed by atoms with Crippen LogP contribution in [0, 0.1) is 12.7 Å². The van der Waals surface area contributed by atoms with Crippen LogP contribution in [-0.2, 0) is 0 Å². The van der Waals surface area contributed by atoms with Gasteiger partial charge >= 0.3 is 0 Å². The van der Waals surface area contributed by atoms with E-state index in [-0.39, 0.29) is 11.9 Å². The molecule has 2 rings (SSSR count). The summed E-state index contributed by atoms with van der Waals surface area (Å²) in [6.45, 7) is 3.85. The van der Waals surface area contributed by atoms with Crippen molar-refractivity contribution in [3.05, 3.63) is 52.8 Å². The fourth-order valence-corrected chi connectivity index (χ4v) is 1.97. The van der Waals surface area contributed by atoms with Crippen LogP contribution < -0.4 is 5.32 Å². The number of anilines is 1. The van der Waals surface area contributed by atoms with Crippen molar-refractivity contribution in [1.29, 1.82) is 0 Å². The Morgan fingerprint density at radius 2 is 2.00 bits per heavy atom. The average molecular weight is 266 g/mol. The van der Waals surface area contributed by atoms with E-state index < -0.39 is 0 Å². The van der Waals surface area contributed by atoms with Crippen LogP contribution in [0.1, 0.15) is 24.4 Å². The molecule has 0 aliphatic rings. The van der Waals surface area contributed by atoms with E-state index in [4.69, 9.17) is 11.6 Å². The minimum atomic E-state index is -0.353. The summed E-state index contributed by atoms with van der Waals surface area (Å²) in [4.78, 5) is 8.46. The first-order valence-corrected chi connectivity index (χ1v) is 5.95. The van der Waals surface area contributed by atoms with Crippen LogP contribution in [0.3, 0.4) is 0 Å². The number of hydrogen-bond acceptors (Lipinski definition) is 3. The summed E-state index contributed by atoms with van der Waals surface area (Å²) in [6, 6.07) is 4.20. The van der Waals surface area contributed by atoms with E-state index in [0.717, 1.165) is 11.4 Å². The quantitative estimate of drug-likeness (QED) is 0.918. The molecule has 0 aliphatic heterocycles. The van der Waals surface area contributed by atoms with Gasteiger partial charge in [-0.2, -0.15) is 0 Å². The Labute approximate surface area is 110 Å². The molecular weight excluding hydrogens is 253 g/mol. The minimum absolute atomic E-state index is 0.0540. The summed E-state index contributed by atoms with van der Waals surface area (Å²) < 4.78 is 12.9. The molecule has 1 N–H and O–H groups in total. The SMILES string of the molecule is Cc1nccnc1C(C)Nc1ccc(F)cc1Cl. The molecule has 1 aromatic carbocycles. The van der Waals surface area contributed by atoms with Gasteiger partial charge in [-0.05, 0) is 32.0 Å². The Morgan fingerprint density at radius 1 is 1.28 bits per heavy atom. The standard InChI is InChI=1S/C13H13ClFN3/c1-8-13(17-6-5-16-8)9(2)18-12-4-3-10(15)7-11(12)14/h3-7,9,18H,1-2H3. The average Bonchev–Trinajstić information content (AvgIpc) is 2.33. The lowest BCUT2D eigenvalue weighted by Gasteiger charge is -2.17. The van der Waals surface area contributed by atoms with Crippen molar-refractivity contribution in [2.24, 2.45) is 0 Å². The zero-order valence-corrected chi connectivity index (χ0v) is 10.9. The fourth-order valence-electron chi connectivity index (χ4n) is 1.75. The Hall–Kier alpha value is -1.68. The van der Waals surface area contributed by atoms with Gasteiger partial charge in [0.15, 0.2) is 0 Å². The largest absolute Gasteiger partial charge is 0.376 e. The first-order valence-electron chi connectivity index (χ1n) is 5.57. The number of benzene rings is 1. The molecule has 0 saturated carbocycles. The van der Waals surface area contributed by atoms with Gasteiger partial charge in [-0.25, -0.2) is 4.39 Å². The normalized spacial score (nSPS) is 12.2. The van der Waals surface area contributed by atoms with Gasteiger partial charge in [-0.1, -0.05) is 11.6 Å². The maximum absolute atomic E-state index is 12.9. The highest BCUT2D eigenvalue weighted by Gasteiger charge is 2.12. The van der Waals surface area contributed by atoms with Crippen LogP contribution in [-0.4, -0.2) is 9.97 Å². The zero-order valence-electron chi connectivity index (χ0n) is 10.1. The molecule has 0 amide bonds. The number of aryl methyl sites for hydroxylation is 1. The third kappa shape index (κ3) is 2.76. The molecular formula is C13H13ClFN3. The van der Waals surface area contributed by atoms with Crippen LogP contribution >= 0.6 is 11.6 Å². The fraction of sp³-hybridized carbons (Fsp3) is 0.231. The van der Waals surface area contributed by atoms with Crippen LogP contribution in [0.5, 0.6) is 0 Å². The smallest absolute Gasteiger partial charge is 0.124 e. The number of nitrogens with one attached hydrogen (secondary N) is 1. The van der Waals surface area contributed by atoms with Crippen molar-refractivity contribution in [3.8, 4) is 0 Å². The number of rotatable bonds is 3. The van der Waals surface area contributed by atoms with E-state index >= 15 is 0 Å². The van der Waals surface area contributed by atoms with Crippen LogP contribution in [0.25, 0.3) is 0 Å². The molecule has 5 heteroatoms. The third-order valence-corrected chi connectivity index (χ3v) is 2.95. The summed E-state index contributed by atoms with van der Waals surface area (Å²) in [5, 5.41) is 3.54. The molecule has 0 aliphatic carbocycles. The Kier molecular flexibility index (Phi) is 3.77. The predicted molar refractivity (Wildman–Crippen MR) is 70.2 cm³/mol. The van der Waals surface area contributed by atoms with E-state index in [2.05, 4.69) is 15.3 Å². The summed E-state index contributed by atoms with van der Waals surface area (Å²) in [6.07, 6.45) is 3.29. The van der Waals surface area contributed by atoms with Gasteiger partial charge in [0, 0.05) is 12.4 Å². The van der Waals surface area contributed by atoms with E-state index in [1.165, 1.54) is 12.1 Å². The predicted octanol–water partition coefficient (Wildman–Crippen LogP) is 3.75. The van der Waals surface area contributed by atoms with E-state index in [1.54, 1.807) is 18.5 Å². The van der Waals surface area contributed by atoms with Crippen molar-refractivity contribution < 1.29 is 4.39 Å². The van der Waals surface area contributed by atoms with Gasteiger partial charge in [0.25, 0.3) is 0 Å². The molecule has 0 radical (unpaired) electrons. The number of nitrogens with zero attached hydrogens (tertiary/aromatic N) is 2. The highest BCUT2D eigenvalue weighted by atomic mass is 35.5. The molecule has 1 aromatic heterocycles. The van der Waals surface area contributed by atoms with Crippen molar-refractivity contribution >= 4 is 17.3 Å². The molecule has 1 atom stereocenters. The number of aromatic nitrogens is 2. The summed E-state index contributed by atoms with van der Waals surface area (Å²) >= 11 is 5.96. The Balaban J connectivity index is 2.21. The number of hydrogen-bond donors (Lipinski definition) is 1. The first-order chi connectivity index (χ1) is 8.58. The van der Waals surface area contributed by atoms with Crippen molar-refractivity contribution in [3.63, 3.8) is 0 Å². The molecule has 18 heavy (non-hydrogen) atoms. The number of halogens is 2. The van der Waals surface area contributed by atoms with Gasteiger partial charge < -0.3 is 5.32 Å². The summed E-state index contributed by atoms with van der Waals surface area (Å²) in [5.74, 6) is -0.353. The van der Waals surface area contributed by atoms with Gasteiger partial charge in [-0.3, -0.25) is 9.97 Å². The maximum Gasteiger partial charge on any atom is 0.124 e.